The van der Waals surface area contributed by atoms with E-state index in [-0.39, 0.29) is 0 Å². The third-order valence-electron chi connectivity index (χ3n) is 9.54. The van der Waals surface area contributed by atoms with Crippen molar-refractivity contribution in [2.45, 2.75) is 0 Å². The number of rotatable bonds is 5. The molecule has 7 aromatic carbocycles. The lowest BCUT2D eigenvalue weighted by molar-refractivity contribution is 0.890. The third-order valence-corrected chi connectivity index (χ3v) is 9.54. The van der Waals surface area contributed by atoms with E-state index in [4.69, 9.17) is 10.1 Å². The zero-order valence-electron chi connectivity index (χ0n) is 26.5. The maximum absolute atomic E-state index is 5.15. The predicted octanol–water partition coefficient (Wildman–Crippen LogP) is 10.8. The van der Waals surface area contributed by atoms with Crippen molar-refractivity contribution in [2.75, 3.05) is 0 Å². The molecule has 0 aliphatic rings. The monoisotopic (exact) mass is 627 g/mol. The fourth-order valence-electron chi connectivity index (χ4n) is 7.29. The van der Waals surface area contributed by atoms with Gasteiger partial charge in [0.2, 0.25) is 0 Å². The summed E-state index contributed by atoms with van der Waals surface area (Å²) in [5, 5.41) is 10.1. The summed E-state index contributed by atoms with van der Waals surface area (Å²) in [5.74, 6) is 1.47. The van der Waals surface area contributed by atoms with Crippen molar-refractivity contribution in [3.05, 3.63) is 176 Å². The van der Waals surface area contributed by atoms with E-state index in [0.717, 1.165) is 34.0 Å². The Kier molecular flexibility index (Phi) is 6.11. The van der Waals surface area contributed by atoms with E-state index in [1.807, 2.05) is 22.9 Å². The minimum Gasteiger partial charge on any atom is -0.309 e. The molecule has 0 unspecified atom stereocenters. The summed E-state index contributed by atoms with van der Waals surface area (Å²) in [4.78, 5) is 5.15. The van der Waals surface area contributed by atoms with Gasteiger partial charge in [0.05, 0.1) is 27.8 Å². The maximum atomic E-state index is 5.15. The summed E-state index contributed by atoms with van der Waals surface area (Å²) in [6.07, 6.45) is 0. The van der Waals surface area contributed by atoms with Gasteiger partial charge in [0.15, 0.2) is 11.6 Å². The number of aromatic nitrogens is 5. The molecule has 0 N–H and O–H groups in total. The van der Waals surface area contributed by atoms with Gasteiger partial charge in [0, 0.05) is 44.0 Å². The Hall–Kier alpha value is -6.72. The molecule has 0 saturated heterocycles. The maximum Gasteiger partial charge on any atom is 0.182 e. The van der Waals surface area contributed by atoms with Crippen LogP contribution in [0.5, 0.6) is 0 Å². The number of hydrogen-bond acceptors (Lipinski definition) is 2. The Balaban J connectivity index is 1.07. The first kappa shape index (κ1) is 27.4. The van der Waals surface area contributed by atoms with Gasteiger partial charge in [-0.25, -0.2) is 9.67 Å². The standard InChI is InChI=1S/C44H29N5/c1-2-12-34(13-3-1)49-44(31-24-28-33(29-25-31)48-41-20-10-6-16-37(41)38-17-7-11-21-42(38)48)45-43(46-49)30-22-26-32(27-23-30)47-39-18-8-4-14-35(39)36-15-5-9-19-40(36)47/h1-29H. The molecule has 0 saturated carbocycles. The van der Waals surface area contributed by atoms with Crippen LogP contribution in [0, 0.1) is 0 Å². The molecule has 0 aliphatic carbocycles. The molecule has 0 bridgehead atoms. The summed E-state index contributed by atoms with van der Waals surface area (Å²) in [6, 6.07) is 61.8. The Bertz CT molecular complexity index is 2690. The SMILES string of the molecule is c1ccc(-n2nc(-c3ccc(-n4c5ccccc5c5ccccc54)cc3)nc2-c2ccc(-n3c4ccccc4c4ccccc43)cc2)cc1. The van der Waals surface area contributed by atoms with Crippen LogP contribution >= 0.6 is 0 Å². The molecular formula is C44H29N5. The molecular weight excluding hydrogens is 599 g/mol. The number of hydrogen-bond donors (Lipinski definition) is 0. The number of nitrogens with zero attached hydrogens (tertiary/aromatic N) is 5. The Morgan fingerprint density at radius 2 is 0.714 bits per heavy atom. The van der Waals surface area contributed by atoms with Crippen molar-refractivity contribution in [1.82, 2.24) is 23.9 Å². The minimum absolute atomic E-state index is 0.680. The van der Waals surface area contributed by atoms with E-state index in [2.05, 4.69) is 167 Å². The highest BCUT2D eigenvalue weighted by molar-refractivity contribution is 6.10. The first-order chi connectivity index (χ1) is 24.3. The number of fused-ring (bicyclic) bond motifs is 6. The fourth-order valence-corrected chi connectivity index (χ4v) is 7.29. The van der Waals surface area contributed by atoms with Crippen LogP contribution in [0.2, 0.25) is 0 Å². The quantitative estimate of drug-likeness (QED) is 0.190. The molecule has 0 atom stereocenters. The summed E-state index contributed by atoms with van der Waals surface area (Å²) in [6.45, 7) is 0. The molecule has 0 spiro atoms. The Morgan fingerprint density at radius 3 is 1.16 bits per heavy atom. The molecule has 0 fully saturated rings. The fraction of sp³-hybridized carbons (Fsp3) is 0. The van der Waals surface area contributed by atoms with Crippen molar-refractivity contribution >= 4 is 43.6 Å². The van der Waals surface area contributed by atoms with Gasteiger partial charge in [-0.15, -0.1) is 5.10 Å². The number of para-hydroxylation sites is 5. The van der Waals surface area contributed by atoms with Crippen LogP contribution < -0.4 is 0 Å². The average molecular weight is 628 g/mol. The molecule has 10 rings (SSSR count). The van der Waals surface area contributed by atoms with Gasteiger partial charge < -0.3 is 9.13 Å². The van der Waals surface area contributed by atoms with Gasteiger partial charge in [-0.2, -0.15) is 0 Å². The van der Waals surface area contributed by atoms with Crippen molar-refractivity contribution < 1.29 is 0 Å². The van der Waals surface area contributed by atoms with Crippen LogP contribution in [0.25, 0.3) is 83.4 Å². The second-order valence-electron chi connectivity index (χ2n) is 12.3. The summed E-state index contributed by atoms with van der Waals surface area (Å²) < 4.78 is 6.61. The van der Waals surface area contributed by atoms with Crippen molar-refractivity contribution in [3.8, 4) is 39.8 Å². The molecule has 49 heavy (non-hydrogen) atoms. The van der Waals surface area contributed by atoms with Crippen LogP contribution in [0.4, 0.5) is 0 Å². The van der Waals surface area contributed by atoms with Crippen LogP contribution in [0.1, 0.15) is 0 Å². The normalized spacial score (nSPS) is 11.7. The largest absolute Gasteiger partial charge is 0.309 e. The average Bonchev–Trinajstić information content (AvgIpc) is 3.87. The summed E-state index contributed by atoms with van der Waals surface area (Å²) in [7, 11) is 0. The summed E-state index contributed by atoms with van der Waals surface area (Å²) in [5.41, 5.74) is 9.88. The van der Waals surface area contributed by atoms with E-state index in [1.165, 1.54) is 43.6 Å². The van der Waals surface area contributed by atoms with E-state index >= 15 is 0 Å². The molecule has 0 radical (unpaired) electrons. The van der Waals surface area contributed by atoms with E-state index in [1.54, 1.807) is 0 Å². The zero-order chi connectivity index (χ0) is 32.3. The van der Waals surface area contributed by atoms with Gasteiger partial charge in [0.1, 0.15) is 0 Å². The highest BCUT2D eigenvalue weighted by Gasteiger charge is 2.18. The van der Waals surface area contributed by atoms with Gasteiger partial charge in [-0.3, -0.25) is 0 Å². The third kappa shape index (κ3) is 4.33. The summed E-state index contributed by atoms with van der Waals surface area (Å²) >= 11 is 0. The topological polar surface area (TPSA) is 40.6 Å². The molecule has 5 nitrogen and oxygen atoms in total. The van der Waals surface area contributed by atoms with E-state index in [9.17, 15) is 0 Å². The van der Waals surface area contributed by atoms with Crippen LogP contribution in [-0.2, 0) is 0 Å². The van der Waals surface area contributed by atoms with Gasteiger partial charge in [0.25, 0.3) is 0 Å². The molecule has 3 heterocycles. The highest BCUT2D eigenvalue weighted by Crippen LogP contribution is 2.35. The molecule has 0 aliphatic heterocycles. The molecule has 0 amide bonds. The number of benzene rings is 7. The lowest BCUT2D eigenvalue weighted by Crippen LogP contribution is -2.00. The van der Waals surface area contributed by atoms with Crippen LogP contribution in [0.3, 0.4) is 0 Å². The lowest BCUT2D eigenvalue weighted by Gasteiger charge is -2.10. The smallest absolute Gasteiger partial charge is 0.182 e. The zero-order valence-corrected chi connectivity index (χ0v) is 26.5. The van der Waals surface area contributed by atoms with Gasteiger partial charge in [-0.1, -0.05) is 91.0 Å². The first-order valence-corrected chi connectivity index (χ1v) is 16.5. The Morgan fingerprint density at radius 1 is 0.327 bits per heavy atom. The van der Waals surface area contributed by atoms with Crippen molar-refractivity contribution in [3.63, 3.8) is 0 Å². The van der Waals surface area contributed by atoms with Crippen LogP contribution in [0.15, 0.2) is 176 Å². The molecule has 10 aromatic rings. The van der Waals surface area contributed by atoms with Gasteiger partial charge in [-0.05, 0) is 84.9 Å². The first-order valence-electron chi connectivity index (χ1n) is 16.5. The predicted molar refractivity (Wildman–Crippen MR) is 201 cm³/mol. The Labute approximate surface area is 282 Å². The lowest BCUT2D eigenvalue weighted by atomic mass is 10.1. The second kappa shape index (κ2) is 10.9. The van der Waals surface area contributed by atoms with Gasteiger partial charge >= 0.3 is 0 Å². The molecule has 230 valence electrons. The van der Waals surface area contributed by atoms with Crippen molar-refractivity contribution in [2.24, 2.45) is 0 Å². The van der Waals surface area contributed by atoms with E-state index < -0.39 is 0 Å². The van der Waals surface area contributed by atoms with Crippen molar-refractivity contribution in [1.29, 1.82) is 0 Å². The van der Waals surface area contributed by atoms with Crippen LogP contribution in [-0.4, -0.2) is 23.9 Å². The van der Waals surface area contributed by atoms with E-state index in [0.29, 0.717) is 5.82 Å². The molecule has 3 aromatic heterocycles. The molecule has 5 heteroatoms. The minimum atomic E-state index is 0.680. The second-order valence-corrected chi connectivity index (χ2v) is 12.3. The highest BCUT2D eigenvalue weighted by atomic mass is 15.4.